The maximum absolute atomic E-state index is 13.4. The van der Waals surface area contributed by atoms with E-state index in [4.69, 9.17) is 0 Å². The molecule has 2 aromatic rings. The molecule has 0 unspecified atom stereocenters. The third-order valence-electron chi connectivity index (χ3n) is 3.37. The van der Waals surface area contributed by atoms with Crippen molar-refractivity contribution in [2.45, 2.75) is 19.9 Å². The zero-order chi connectivity index (χ0) is 13.4. The molecule has 1 aliphatic heterocycles. The lowest BCUT2D eigenvalue weighted by atomic mass is 10.3. The van der Waals surface area contributed by atoms with Crippen LogP contribution in [-0.2, 0) is 0 Å². The van der Waals surface area contributed by atoms with Gasteiger partial charge in [-0.05, 0) is 38.1 Å². The minimum absolute atomic E-state index is 0.347. The molecular formula is C15H16FN3. The van der Waals surface area contributed by atoms with E-state index in [1.807, 2.05) is 35.2 Å². The van der Waals surface area contributed by atoms with E-state index < -0.39 is 5.95 Å². The number of rotatable bonds is 2. The number of halogens is 1. The van der Waals surface area contributed by atoms with Crippen LogP contribution in [0.25, 0.3) is 0 Å². The summed E-state index contributed by atoms with van der Waals surface area (Å²) in [6.07, 6.45) is 0. The molecule has 0 saturated carbocycles. The Balaban J connectivity index is 2.08. The third-order valence-corrected chi connectivity index (χ3v) is 3.37. The average molecular weight is 257 g/mol. The number of aromatic nitrogens is 1. The van der Waals surface area contributed by atoms with Crippen molar-refractivity contribution in [3.05, 3.63) is 48.4 Å². The maximum Gasteiger partial charge on any atom is 0.214 e. The lowest BCUT2D eigenvalue weighted by Crippen LogP contribution is -2.33. The number of para-hydroxylation sites is 1. The van der Waals surface area contributed by atoms with Crippen molar-refractivity contribution in [1.82, 2.24) is 4.98 Å². The number of pyridine rings is 1. The van der Waals surface area contributed by atoms with Crippen LogP contribution in [0.3, 0.4) is 0 Å². The zero-order valence-electron chi connectivity index (χ0n) is 11.0. The molecule has 1 aromatic carbocycles. The fraction of sp³-hybridized carbons (Fsp3) is 0.267. The van der Waals surface area contributed by atoms with Gasteiger partial charge >= 0.3 is 0 Å². The Bertz CT molecular complexity index is 583. The second-order valence-electron chi connectivity index (χ2n) is 4.95. The highest BCUT2D eigenvalue weighted by atomic mass is 19.1. The molecule has 1 aliphatic rings. The Morgan fingerprint density at radius 3 is 2.53 bits per heavy atom. The minimum Gasteiger partial charge on any atom is -0.348 e. The molecule has 0 bridgehead atoms. The van der Waals surface area contributed by atoms with Gasteiger partial charge in [0.1, 0.15) is 0 Å². The lowest BCUT2D eigenvalue weighted by molar-refractivity contribution is 0.585. The van der Waals surface area contributed by atoms with Crippen LogP contribution in [0.1, 0.15) is 13.8 Å². The Kier molecular flexibility index (Phi) is 2.85. The molecule has 0 N–H and O–H groups in total. The summed E-state index contributed by atoms with van der Waals surface area (Å²) < 4.78 is 13.4. The lowest BCUT2D eigenvalue weighted by Gasteiger charge is -2.24. The number of anilines is 3. The van der Waals surface area contributed by atoms with Crippen LogP contribution < -0.4 is 9.80 Å². The summed E-state index contributed by atoms with van der Waals surface area (Å²) in [6.45, 7) is 4.96. The van der Waals surface area contributed by atoms with E-state index in [2.05, 4.69) is 23.7 Å². The molecule has 3 rings (SSSR count). The largest absolute Gasteiger partial charge is 0.348 e. The number of fused-ring (bicyclic) bond motifs is 1. The van der Waals surface area contributed by atoms with E-state index in [-0.39, 0.29) is 0 Å². The highest BCUT2D eigenvalue weighted by molar-refractivity contribution is 5.79. The van der Waals surface area contributed by atoms with Crippen molar-refractivity contribution in [3.63, 3.8) is 0 Å². The number of benzene rings is 1. The van der Waals surface area contributed by atoms with Crippen molar-refractivity contribution >= 4 is 17.2 Å². The number of nitrogens with zero attached hydrogens (tertiary/aromatic N) is 3. The minimum atomic E-state index is -0.440. The highest BCUT2D eigenvalue weighted by Crippen LogP contribution is 2.39. The Morgan fingerprint density at radius 2 is 1.84 bits per heavy atom. The van der Waals surface area contributed by atoms with Gasteiger partial charge in [0, 0.05) is 11.7 Å². The molecule has 4 heteroatoms. The first-order valence-electron chi connectivity index (χ1n) is 6.42. The fourth-order valence-electron chi connectivity index (χ4n) is 2.39. The van der Waals surface area contributed by atoms with E-state index in [0.717, 1.165) is 11.4 Å². The molecule has 0 saturated heterocycles. The van der Waals surface area contributed by atoms with Gasteiger partial charge < -0.3 is 9.80 Å². The molecule has 0 fully saturated rings. The summed E-state index contributed by atoms with van der Waals surface area (Å²) >= 11 is 0. The molecule has 1 aromatic heterocycles. The van der Waals surface area contributed by atoms with Crippen molar-refractivity contribution in [3.8, 4) is 0 Å². The Morgan fingerprint density at radius 1 is 1.11 bits per heavy atom. The summed E-state index contributed by atoms with van der Waals surface area (Å²) in [7, 11) is 0. The third kappa shape index (κ3) is 2.03. The molecule has 2 heterocycles. The molecule has 0 aliphatic carbocycles. The molecular weight excluding hydrogens is 241 g/mol. The van der Waals surface area contributed by atoms with Crippen LogP contribution in [0.4, 0.5) is 21.6 Å². The monoisotopic (exact) mass is 257 g/mol. The van der Waals surface area contributed by atoms with Gasteiger partial charge in [0.2, 0.25) is 5.95 Å². The normalized spacial score (nSPS) is 14.1. The molecule has 0 spiro atoms. The van der Waals surface area contributed by atoms with Crippen molar-refractivity contribution < 1.29 is 4.39 Å². The van der Waals surface area contributed by atoms with Crippen LogP contribution in [-0.4, -0.2) is 17.7 Å². The van der Waals surface area contributed by atoms with Gasteiger partial charge in [-0.2, -0.15) is 9.37 Å². The molecule has 3 nitrogen and oxygen atoms in total. The van der Waals surface area contributed by atoms with Crippen LogP contribution in [0.15, 0.2) is 42.5 Å². The Labute approximate surface area is 112 Å². The predicted octanol–water partition coefficient (Wildman–Crippen LogP) is 3.54. The smallest absolute Gasteiger partial charge is 0.214 e. The van der Waals surface area contributed by atoms with E-state index in [1.54, 1.807) is 6.07 Å². The van der Waals surface area contributed by atoms with Gasteiger partial charge in [-0.15, -0.1) is 0 Å². The summed E-state index contributed by atoms with van der Waals surface area (Å²) in [5.74, 6) is 0.255. The summed E-state index contributed by atoms with van der Waals surface area (Å²) in [6, 6.07) is 13.5. The van der Waals surface area contributed by atoms with E-state index in [1.165, 1.54) is 6.07 Å². The molecule has 0 atom stereocenters. The van der Waals surface area contributed by atoms with Gasteiger partial charge in [-0.25, -0.2) is 0 Å². The van der Waals surface area contributed by atoms with Gasteiger partial charge in [0.25, 0.3) is 0 Å². The topological polar surface area (TPSA) is 19.4 Å². The average Bonchev–Trinajstić information content (AvgIpc) is 2.78. The van der Waals surface area contributed by atoms with Crippen molar-refractivity contribution in [1.29, 1.82) is 0 Å². The van der Waals surface area contributed by atoms with E-state index >= 15 is 0 Å². The number of hydrogen-bond acceptors (Lipinski definition) is 3. The van der Waals surface area contributed by atoms with Gasteiger partial charge in [-0.1, -0.05) is 18.2 Å². The fourth-order valence-corrected chi connectivity index (χ4v) is 2.39. The van der Waals surface area contributed by atoms with Crippen molar-refractivity contribution in [2.75, 3.05) is 16.5 Å². The van der Waals surface area contributed by atoms with E-state index in [0.29, 0.717) is 18.5 Å². The second-order valence-corrected chi connectivity index (χ2v) is 4.95. The van der Waals surface area contributed by atoms with Crippen LogP contribution in [0, 0.1) is 5.95 Å². The van der Waals surface area contributed by atoms with Crippen LogP contribution >= 0.6 is 0 Å². The first-order chi connectivity index (χ1) is 9.16. The molecule has 98 valence electrons. The SMILES string of the molecule is CC(C)N1CN(c2ccccc2)c2nc(F)ccc21. The molecule has 0 radical (unpaired) electrons. The number of hydrogen-bond donors (Lipinski definition) is 0. The first kappa shape index (κ1) is 12.0. The predicted molar refractivity (Wildman–Crippen MR) is 75.3 cm³/mol. The quantitative estimate of drug-likeness (QED) is 0.767. The van der Waals surface area contributed by atoms with Gasteiger partial charge in [0.05, 0.1) is 12.4 Å². The first-order valence-corrected chi connectivity index (χ1v) is 6.42. The maximum atomic E-state index is 13.4. The van der Waals surface area contributed by atoms with Crippen LogP contribution in [0.5, 0.6) is 0 Å². The standard InChI is InChI=1S/C15H16FN3/c1-11(2)18-10-19(12-6-4-3-5-7-12)15-13(18)8-9-14(16)17-15/h3-9,11H,10H2,1-2H3. The van der Waals surface area contributed by atoms with Crippen molar-refractivity contribution in [2.24, 2.45) is 0 Å². The van der Waals surface area contributed by atoms with Crippen LogP contribution in [0.2, 0.25) is 0 Å². The Hall–Kier alpha value is -2.10. The van der Waals surface area contributed by atoms with Gasteiger partial charge in [0.15, 0.2) is 5.82 Å². The van der Waals surface area contributed by atoms with E-state index in [9.17, 15) is 4.39 Å². The zero-order valence-corrected chi connectivity index (χ0v) is 11.0. The molecule has 0 amide bonds. The summed E-state index contributed by atoms with van der Waals surface area (Å²) in [5.41, 5.74) is 2.02. The van der Waals surface area contributed by atoms with Gasteiger partial charge in [-0.3, -0.25) is 0 Å². The highest BCUT2D eigenvalue weighted by Gasteiger charge is 2.30. The molecule has 19 heavy (non-hydrogen) atoms. The second kappa shape index (κ2) is 4.53. The summed E-state index contributed by atoms with van der Waals surface area (Å²) in [4.78, 5) is 8.32. The summed E-state index contributed by atoms with van der Waals surface area (Å²) in [5, 5.41) is 0.